The molecule has 2 heteroatoms. The van der Waals surface area contributed by atoms with Crippen LogP contribution in [0.15, 0.2) is 12.2 Å². The molecule has 0 amide bonds. The molecular weight excluding hydrogens is 152 g/mol. The van der Waals surface area contributed by atoms with E-state index in [1.54, 1.807) is 0 Å². The van der Waals surface area contributed by atoms with Crippen LogP contribution in [0.4, 0.5) is 0 Å². The van der Waals surface area contributed by atoms with Gasteiger partial charge in [-0.1, -0.05) is 26.0 Å². The van der Waals surface area contributed by atoms with Crippen molar-refractivity contribution >= 4 is 0 Å². The Labute approximate surface area is 73.9 Å². The summed E-state index contributed by atoms with van der Waals surface area (Å²) in [5.41, 5.74) is -0.284. The summed E-state index contributed by atoms with van der Waals surface area (Å²) in [4.78, 5) is 0. The van der Waals surface area contributed by atoms with Crippen molar-refractivity contribution in [2.45, 2.75) is 20.3 Å². The Hall–Kier alpha value is -0.340. The number of aliphatic hydroxyl groups is 2. The highest BCUT2D eigenvalue weighted by molar-refractivity contribution is 5.04. The molecule has 12 heavy (non-hydrogen) atoms. The van der Waals surface area contributed by atoms with Gasteiger partial charge in [0.05, 0.1) is 13.2 Å². The SMILES string of the molecule is CC1C=CCC(CO)(CO)C1C. The summed E-state index contributed by atoms with van der Waals surface area (Å²) in [5, 5.41) is 18.5. The van der Waals surface area contributed by atoms with Crippen LogP contribution in [-0.2, 0) is 0 Å². The molecule has 0 aromatic heterocycles. The highest BCUT2D eigenvalue weighted by atomic mass is 16.3. The van der Waals surface area contributed by atoms with Gasteiger partial charge in [0.1, 0.15) is 0 Å². The summed E-state index contributed by atoms with van der Waals surface area (Å²) in [7, 11) is 0. The second-order valence-electron chi connectivity index (χ2n) is 3.96. The summed E-state index contributed by atoms with van der Waals surface area (Å²) in [6, 6.07) is 0. The Morgan fingerprint density at radius 2 is 1.92 bits per heavy atom. The standard InChI is InChI=1S/C10H18O2/c1-8-4-3-5-10(6-11,7-12)9(8)2/h3-4,8-9,11-12H,5-7H2,1-2H3. The lowest BCUT2D eigenvalue weighted by atomic mass is 9.66. The second-order valence-corrected chi connectivity index (χ2v) is 3.96. The molecule has 0 spiro atoms. The molecule has 70 valence electrons. The van der Waals surface area contributed by atoms with Crippen molar-refractivity contribution < 1.29 is 10.2 Å². The Bertz CT molecular complexity index is 171. The molecule has 1 aliphatic rings. The Balaban J connectivity index is 2.82. The lowest BCUT2D eigenvalue weighted by molar-refractivity contribution is -0.00570. The van der Waals surface area contributed by atoms with Crippen molar-refractivity contribution in [3.8, 4) is 0 Å². The van der Waals surface area contributed by atoms with E-state index in [1.165, 1.54) is 0 Å². The van der Waals surface area contributed by atoms with Crippen LogP contribution >= 0.6 is 0 Å². The molecule has 0 radical (unpaired) electrons. The lowest BCUT2D eigenvalue weighted by Gasteiger charge is -2.40. The zero-order valence-corrected chi connectivity index (χ0v) is 7.83. The topological polar surface area (TPSA) is 40.5 Å². The first kappa shape index (κ1) is 9.75. The van der Waals surface area contributed by atoms with E-state index in [-0.39, 0.29) is 18.6 Å². The van der Waals surface area contributed by atoms with Crippen molar-refractivity contribution in [2.75, 3.05) is 13.2 Å². The molecular formula is C10H18O2. The van der Waals surface area contributed by atoms with Crippen LogP contribution in [0.2, 0.25) is 0 Å². The van der Waals surface area contributed by atoms with Gasteiger partial charge in [-0.25, -0.2) is 0 Å². The fourth-order valence-electron chi connectivity index (χ4n) is 1.89. The van der Waals surface area contributed by atoms with E-state index in [2.05, 4.69) is 26.0 Å². The fourth-order valence-corrected chi connectivity index (χ4v) is 1.89. The third kappa shape index (κ3) is 1.41. The Kier molecular flexibility index (Phi) is 2.91. The van der Waals surface area contributed by atoms with Crippen LogP contribution in [0.1, 0.15) is 20.3 Å². The van der Waals surface area contributed by atoms with Gasteiger partial charge in [-0.05, 0) is 18.3 Å². The molecule has 0 fully saturated rings. The normalized spacial score (nSPS) is 33.7. The van der Waals surface area contributed by atoms with E-state index in [0.29, 0.717) is 11.8 Å². The molecule has 2 atom stereocenters. The first-order valence-electron chi connectivity index (χ1n) is 4.54. The van der Waals surface area contributed by atoms with Gasteiger partial charge in [0, 0.05) is 5.41 Å². The molecule has 0 aliphatic heterocycles. The van der Waals surface area contributed by atoms with Crippen molar-refractivity contribution in [3.63, 3.8) is 0 Å². The molecule has 1 rings (SSSR count). The molecule has 2 nitrogen and oxygen atoms in total. The average molecular weight is 170 g/mol. The predicted molar refractivity (Wildman–Crippen MR) is 48.7 cm³/mol. The van der Waals surface area contributed by atoms with Gasteiger partial charge >= 0.3 is 0 Å². The van der Waals surface area contributed by atoms with Crippen LogP contribution in [0.5, 0.6) is 0 Å². The second kappa shape index (κ2) is 3.58. The lowest BCUT2D eigenvalue weighted by Crippen LogP contribution is -2.40. The number of allylic oxidation sites excluding steroid dienone is 2. The third-order valence-electron chi connectivity index (χ3n) is 3.35. The molecule has 1 aliphatic carbocycles. The number of aliphatic hydroxyl groups excluding tert-OH is 2. The monoisotopic (exact) mass is 170 g/mol. The van der Waals surface area contributed by atoms with Gasteiger partial charge in [-0.3, -0.25) is 0 Å². The summed E-state index contributed by atoms with van der Waals surface area (Å²) in [6.45, 7) is 4.39. The zero-order chi connectivity index (χ0) is 9.19. The molecule has 0 saturated heterocycles. The maximum absolute atomic E-state index is 9.24. The maximum atomic E-state index is 9.24. The van der Waals surface area contributed by atoms with E-state index < -0.39 is 0 Å². The minimum Gasteiger partial charge on any atom is -0.396 e. The van der Waals surface area contributed by atoms with Crippen LogP contribution in [0, 0.1) is 17.3 Å². The molecule has 0 bridgehead atoms. The summed E-state index contributed by atoms with van der Waals surface area (Å²) in [5.74, 6) is 0.815. The highest BCUT2D eigenvalue weighted by Crippen LogP contribution is 2.39. The zero-order valence-electron chi connectivity index (χ0n) is 7.83. The van der Waals surface area contributed by atoms with Gasteiger partial charge in [-0.2, -0.15) is 0 Å². The first-order chi connectivity index (χ1) is 5.66. The number of rotatable bonds is 2. The largest absolute Gasteiger partial charge is 0.396 e. The van der Waals surface area contributed by atoms with Crippen LogP contribution in [-0.4, -0.2) is 23.4 Å². The number of hydrogen-bond donors (Lipinski definition) is 2. The Morgan fingerprint density at radius 3 is 2.33 bits per heavy atom. The van der Waals surface area contributed by atoms with Gasteiger partial charge in [-0.15, -0.1) is 0 Å². The van der Waals surface area contributed by atoms with Crippen molar-refractivity contribution in [3.05, 3.63) is 12.2 Å². The number of hydrogen-bond acceptors (Lipinski definition) is 2. The molecule has 0 aromatic carbocycles. The fraction of sp³-hybridized carbons (Fsp3) is 0.800. The first-order valence-corrected chi connectivity index (χ1v) is 4.54. The smallest absolute Gasteiger partial charge is 0.0515 e. The van der Waals surface area contributed by atoms with E-state index >= 15 is 0 Å². The van der Waals surface area contributed by atoms with Crippen LogP contribution in [0.3, 0.4) is 0 Å². The quantitative estimate of drug-likeness (QED) is 0.611. The third-order valence-corrected chi connectivity index (χ3v) is 3.35. The van der Waals surface area contributed by atoms with Crippen LogP contribution < -0.4 is 0 Å². The van der Waals surface area contributed by atoms with Gasteiger partial charge < -0.3 is 10.2 Å². The van der Waals surface area contributed by atoms with Gasteiger partial charge in [0.15, 0.2) is 0 Å². The van der Waals surface area contributed by atoms with E-state index in [0.717, 1.165) is 6.42 Å². The van der Waals surface area contributed by atoms with Crippen molar-refractivity contribution in [1.82, 2.24) is 0 Å². The minimum atomic E-state index is -0.284. The summed E-state index contributed by atoms with van der Waals surface area (Å²) < 4.78 is 0. The molecule has 0 aromatic rings. The van der Waals surface area contributed by atoms with E-state index in [4.69, 9.17) is 0 Å². The predicted octanol–water partition coefficient (Wildman–Crippen LogP) is 1.19. The molecule has 0 heterocycles. The van der Waals surface area contributed by atoms with E-state index in [1.807, 2.05) is 0 Å². The summed E-state index contributed by atoms with van der Waals surface area (Å²) >= 11 is 0. The van der Waals surface area contributed by atoms with Gasteiger partial charge in [0.2, 0.25) is 0 Å². The molecule has 0 saturated carbocycles. The van der Waals surface area contributed by atoms with Crippen molar-refractivity contribution in [2.24, 2.45) is 17.3 Å². The molecule has 2 N–H and O–H groups in total. The maximum Gasteiger partial charge on any atom is 0.0515 e. The average Bonchev–Trinajstić information content (AvgIpc) is 2.11. The molecule has 2 unspecified atom stereocenters. The van der Waals surface area contributed by atoms with Crippen LogP contribution in [0.25, 0.3) is 0 Å². The Morgan fingerprint density at radius 1 is 1.33 bits per heavy atom. The highest BCUT2D eigenvalue weighted by Gasteiger charge is 2.38. The van der Waals surface area contributed by atoms with E-state index in [9.17, 15) is 10.2 Å². The van der Waals surface area contributed by atoms with Crippen molar-refractivity contribution in [1.29, 1.82) is 0 Å². The summed E-state index contributed by atoms with van der Waals surface area (Å²) in [6.07, 6.45) is 5.02. The minimum absolute atomic E-state index is 0.0827. The van der Waals surface area contributed by atoms with Gasteiger partial charge in [0.25, 0.3) is 0 Å².